The number of urea groups is 1. The number of carbonyl (C=O) groups excluding carboxylic acids is 1. The molecule has 0 spiro atoms. The number of nitrogens with zero attached hydrogens (tertiary/aromatic N) is 1. The Morgan fingerprint density at radius 3 is 2.64 bits per heavy atom. The summed E-state index contributed by atoms with van der Waals surface area (Å²) in [6.07, 6.45) is 0. The number of H-pyrrole nitrogens is 1. The molecule has 2 amide bonds. The fourth-order valence-electron chi connectivity index (χ4n) is 4.00. The molecule has 0 saturated carbocycles. The van der Waals surface area contributed by atoms with Crippen LogP contribution in [0.25, 0.3) is 10.9 Å². The zero-order valence-electron chi connectivity index (χ0n) is 19.5. The van der Waals surface area contributed by atoms with Gasteiger partial charge in [-0.2, -0.15) is 0 Å². The lowest BCUT2D eigenvalue weighted by molar-refractivity contribution is 0.174. The van der Waals surface area contributed by atoms with Crippen LogP contribution in [0.4, 0.5) is 10.5 Å². The van der Waals surface area contributed by atoms with Gasteiger partial charge in [0.05, 0.1) is 13.2 Å². The molecule has 0 radical (unpaired) electrons. The molecular formula is C27H24ClN3O5. The summed E-state index contributed by atoms with van der Waals surface area (Å²) in [5.41, 5.74) is 2.31. The zero-order valence-corrected chi connectivity index (χ0v) is 20.3. The molecule has 9 heteroatoms. The monoisotopic (exact) mass is 505 g/mol. The van der Waals surface area contributed by atoms with Crippen molar-refractivity contribution in [1.29, 1.82) is 0 Å². The van der Waals surface area contributed by atoms with Gasteiger partial charge in [0.2, 0.25) is 6.79 Å². The molecule has 1 aromatic heterocycles. The second-order valence-electron chi connectivity index (χ2n) is 8.29. The van der Waals surface area contributed by atoms with E-state index in [4.69, 9.17) is 25.8 Å². The van der Waals surface area contributed by atoms with E-state index in [-0.39, 0.29) is 31.5 Å². The minimum atomic E-state index is -0.363. The lowest BCUT2D eigenvalue weighted by atomic mass is 10.1. The van der Waals surface area contributed by atoms with Crippen LogP contribution in [-0.4, -0.2) is 29.3 Å². The summed E-state index contributed by atoms with van der Waals surface area (Å²) in [6, 6.07) is 19.3. The molecule has 0 fully saturated rings. The van der Waals surface area contributed by atoms with E-state index in [1.165, 1.54) is 0 Å². The van der Waals surface area contributed by atoms with Crippen LogP contribution in [0.2, 0.25) is 5.02 Å². The first-order valence-corrected chi connectivity index (χ1v) is 11.8. The smallest absolute Gasteiger partial charge is 0.322 e. The molecule has 0 saturated heterocycles. The molecule has 0 bridgehead atoms. The van der Waals surface area contributed by atoms with Gasteiger partial charge in [-0.1, -0.05) is 17.7 Å². The first-order valence-electron chi connectivity index (χ1n) is 11.5. The van der Waals surface area contributed by atoms with E-state index < -0.39 is 0 Å². The molecule has 36 heavy (non-hydrogen) atoms. The Morgan fingerprint density at radius 2 is 1.83 bits per heavy atom. The van der Waals surface area contributed by atoms with Crippen molar-refractivity contribution in [3.63, 3.8) is 0 Å². The van der Waals surface area contributed by atoms with E-state index in [1.807, 2.05) is 43.3 Å². The summed E-state index contributed by atoms with van der Waals surface area (Å²) in [6.45, 7) is 2.94. The lowest BCUT2D eigenvalue weighted by Gasteiger charge is -2.23. The van der Waals surface area contributed by atoms with Crippen LogP contribution >= 0.6 is 11.6 Å². The van der Waals surface area contributed by atoms with E-state index in [0.29, 0.717) is 45.6 Å². The summed E-state index contributed by atoms with van der Waals surface area (Å²) in [7, 11) is 0. The number of hydrogen-bond donors (Lipinski definition) is 2. The van der Waals surface area contributed by atoms with Crippen LogP contribution in [0.15, 0.2) is 71.5 Å². The maximum atomic E-state index is 13.3. The molecule has 2 N–H and O–H groups in total. The van der Waals surface area contributed by atoms with Crippen molar-refractivity contribution >= 4 is 34.2 Å². The van der Waals surface area contributed by atoms with Gasteiger partial charge in [0.1, 0.15) is 5.75 Å². The van der Waals surface area contributed by atoms with Crippen molar-refractivity contribution in [1.82, 2.24) is 9.88 Å². The molecule has 4 aromatic rings. The molecule has 0 unspecified atom stereocenters. The van der Waals surface area contributed by atoms with Crippen molar-refractivity contribution in [3.8, 4) is 17.2 Å². The highest BCUT2D eigenvalue weighted by Crippen LogP contribution is 2.33. The van der Waals surface area contributed by atoms with Crippen molar-refractivity contribution < 1.29 is 19.0 Å². The normalized spacial score (nSPS) is 11.9. The SMILES string of the molecule is CCOc1ccc2[nH]c(=O)c(CN(Cc3ccc4c(c3)OCO4)C(=O)Nc3ccc(Cl)cc3)cc2c1. The van der Waals surface area contributed by atoms with Crippen LogP contribution in [-0.2, 0) is 13.1 Å². The van der Waals surface area contributed by atoms with Gasteiger partial charge in [0.15, 0.2) is 11.5 Å². The molecule has 0 aliphatic carbocycles. The number of aromatic amines is 1. The van der Waals surface area contributed by atoms with Gasteiger partial charge in [-0.05, 0) is 73.2 Å². The third-order valence-corrected chi connectivity index (χ3v) is 6.01. The first kappa shape index (κ1) is 23.6. The summed E-state index contributed by atoms with van der Waals surface area (Å²) in [4.78, 5) is 30.7. The highest BCUT2D eigenvalue weighted by Gasteiger charge is 2.20. The highest BCUT2D eigenvalue weighted by molar-refractivity contribution is 6.30. The quantitative estimate of drug-likeness (QED) is 0.344. The Balaban J connectivity index is 1.45. The number of aromatic nitrogens is 1. The maximum Gasteiger partial charge on any atom is 0.322 e. The predicted molar refractivity (Wildman–Crippen MR) is 138 cm³/mol. The van der Waals surface area contributed by atoms with Gasteiger partial charge in [-0.3, -0.25) is 4.79 Å². The molecular weight excluding hydrogens is 482 g/mol. The van der Waals surface area contributed by atoms with Gasteiger partial charge in [0.25, 0.3) is 5.56 Å². The molecule has 8 nitrogen and oxygen atoms in total. The molecule has 184 valence electrons. The minimum absolute atomic E-state index is 0.0814. The average molecular weight is 506 g/mol. The molecule has 0 atom stereocenters. The van der Waals surface area contributed by atoms with E-state index in [1.54, 1.807) is 35.2 Å². The summed E-state index contributed by atoms with van der Waals surface area (Å²) in [5.74, 6) is 1.99. The number of amides is 2. The van der Waals surface area contributed by atoms with Crippen LogP contribution in [0.1, 0.15) is 18.1 Å². The van der Waals surface area contributed by atoms with E-state index >= 15 is 0 Å². The Hall–Kier alpha value is -4.17. The topological polar surface area (TPSA) is 92.9 Å². The standard InChI is InChI=1S/C27H24ClN3O5/c1-2-34-22-8-9-23-18(13-22)12-19(26(32)30-23)15-31(27(33)29-21-6-4-20(28)5-7-21)14-17-3-10-24-25(11-17)36-16-35-24/h3-13H,2,14-16H2,1H3,(H,29,33)(H,30,32). The largest absolute Gasteiger partial charge is 0.494 e. The van der Waals surface area contributed by atoms with E-state index in [9.17, 15) is 9.59 Å². The van der Waals surface area contributed by atoms with Gasteiger partial charge in [0, 0.05) is 33.7 Å². The number of ether oxygens (including phenoxy) is 3. The Bertz CT molecular complexity index is 1470. The number of fused-ring (bicyclic) bond motifs is 2. The molecule has 1 aliphatic heterocycles. The Morgan fingerprint density at radius 1 is 1.03 bits per heavy atom. The number of benzene rings is 3. The number of hydrogen-bond acceptors (Lipinski definition) is 5. The van der Waals surface area contributed by atoms with Crippen molar-refractivity contribution in [2.24, 2.45) is 0 Å². The number of pyridine rings is 1. The molecule has 3 aromatic carbocycles. The lowest BCUT2D eigenvalue weighted by Crippen LogP contribution is -2.35. The zero-order chi connectivity index (χ0) is 25.1. The second kappa shape index (κ2) is 10.2. The summed E-state index contributed by atoms with van der Waals surface area (Å²) in [5, 5.41) is 4.27. The van der Waals surface area contributed by atoms with Crippen LogP contribution in [0.3, 0.4) is 0 Å². The van der Waals surface area contributed by atoms with Crippen LogP contribution < -0.4 is 25.1 Å². The Kier molecular flexibility index (Phi) is 6.69. The summed E-state index contributed by atoms with van der Waals surface area (Å²) < 4.78 is 16.5. The molecule has 2 heterocycles. The number of anilines is 1. The van der Waals surface area contributed by atoms with Crippen LogP contribution in [0.5, 0.6) is 17.2 Å². The fourth-order valence-corrected chi connectivity index (χ4v) is 4.13. The van der Waals surface area contributed by atoms with Crippen molar-refractivity contribution in [2.45, 2.75) is 20.0 Å². The van der Waals surface area contributed by atoms with Gasteiger partial charge >= 0.3 is 6.03 Å². The predicted octanol–water partition coefficient (Wildman–Crippen LogP) is 5.54. The minimum Gasteiger partial charge on any atom is -0.494 e. The number of nitrogens with one attached hydrogen (secondary N) is 2. The number of carbonyl (C=O) groups is 1. The Labute approximate surface area is 212 Å². The number of halogens is 1. The van der Waals surface area contributed by atoms with Gasteiger partial charge in [-0.25, -0.2) is 4.79 Å². The first-order chi connectivity index (χ1) is 17.5. The van der Waals surface area contributed by atoms with E-state index in [2.05, 4.69) is 10.3 Å². The van der Waals surface area contributed by atoms with Crippen molar-refractivity contribution in [3.05, 3.63) is 93.2 Å². The molecule has 1 aliphatic rings. The summed E-state index contributed by atoms with van der Waals surface area (Å²) >= 11 is 5.98. The third-order valence-electron chi connectivity index (χ3n) is 5.76. The highest BCUT2D eigenvalue weighted by atomic mass is 35.5. The van der Waals surface area contributed by atoms with Gasteiger partial charge in [-0.15, -0.1) is 0 Å². The van der Waals surface area contributed by atoms with Gasteiger partial charge < -0.3 is 29.4 Å². The van der Waals surface area contributed by atoms with Crippen LogP contribution in [0, 0.1) is 0 Å². The fraction of sp³-hybridized carbons (Fsp3) is 0.185. The van der Waals surface area contributed by atoms with E-state index in [0.717, 1.165) is 10.9 Å². The number of rotatable bonds is 7. The maximum absolute atomic E-state index is 13.3. The molecule has 5 rings (SSSR count). The van der Waals surface area contributed by atoms with Crippen molar-refractivity contribution in [2.75, 3.05) is 18.7 Å². The average Bonchev–Trinajstić information content (AvgIpc) is 3.34. The third kappa shape index (κ3) is 5.23. The second-order valence-corrected chi connectivity index (χ2v) is 8.72.